The van der Waals surface area contributed by atoms with Crippen molar-refractivity contribution in [2.75, 3.05) is 0 Å². The first-order valence-corrected chi connectivity index (χ1v) is 7.26. The summed E-state index contributed by atoms with van der Waals surface area (Å²) in [6.07, 6.45) is 3.32. The van der Waals surface area contributed by atoms with Crippen molar-refractivity contribution in [1.29, 1.82) is 0 Å². The van der Waals surface area contributed by atoms with Crippen molar-refractivity contribution in [3.8, 4) is 0 Å². The molecule has 0 aromatic carbocycles. The minimum Gasteiger partial charge on any atom is -0.319 e. The smallest absolute Gasteiger partial charge is 0.113 e. The number of aromatic nitrogens is 1. The van der Waals surface area contributed by atoms with Gasteiger partial charge in [-0.05, 0) is 24.7 Å². The number of hydrogen-bond donors (Lipinski definition) is 1. The molecule has 0 aliphatic heterocycles. The Labute approximate surface area is 109 Å². The van der Waals surface area contributed by atoms with E-state index in [4.69, 9.17) is 10.7 Å². The second-order valence-corrected chi connectivity index (χ2v) is 8.14. The fourth-order valence-corrected chi connectivity index (χ4v) is 3.81. The van der Waals surface area contributed by atoms with Crippen LogP contribution in [-0.2, 0) is 11.0 Å². The minimum absolute atomic E-state index is 0.124. The number of hydrogen-bond acceptors (Lipinski definition) is 3. The van der Waals surface area contributed by atoms with Gasteiger partial charge in [0.2, 0.25) is 0 Å². The Morgan fingerprint density at radius 2 is 1.94 bits per heavy atom. The first-order chi connectivity index (χ1) is 7.62. The van der Waals surface area contributed by atoms with Crippen LogP contribution in [0.15, 0.2) is 5.38 Å². The van der Waals surface area contributed by atoms with Crippen LogP contribution in [0.1, 0.15) is 64.6 Å². The van der Waals surface area contributed by atoms with E-state index in [-0.39, 0.29) is 11.0 Å². The van der Waals surface area contributed by atoms with Crippen LogP contribution < -0.4 is 5.73 Å². The van der Waals surface area contributed by atoms with Gasteiger partial charge in [0.25, 0.3) is 0 Å². The summed E-state index contributed by atoms with van der Waals surface area (Å²) in [5.41, 5.74) is 8.04. The highest BCUT2D eigenvalue weighted by molar-refractivity contribution is 7.09. The van der Waals surface area contributed by atoms with Gasteiger partial charge in [0.15, 0.2) is 0 Å². The molecule has 1 saturated carbocycles. The Morgan fingerprint density at radius 1 is 1.29 bits per heavy atom. The van der Waals surface area contributed by atoms with Gasteiger partial charge in [0, 0.05) is 10.8 Å². The summed E-state index contributed by atoms with van der Waals surface area (Å²) >= 11 is 1.74. The maximum Gasteiger partial charge on any atom is 0.113 e. The van der Waals surface area contributed by atoms with E-state index in [0.29, 0.717) is 5.41 Å². The van der Waals surface area contributed by atoms with E-state index in [0.717, 1.165) is 17.8 Å². The van der Waals surface area contributed by atoms with Gasteiger partial charge in [-0.15, -0.1) is 11.3 Å². The standard InChI is InChI=1S/C14H24N2S/c1-12(2,3)10-8-17-11(16-10)14(15)7-6-13(4,5)9-14/h8H,6-7,9,15H2,1-5H3. The van der Waals surface area contributed by atoms with Crippen LogP contribution in [0.25, 0.3) is 0 Å². The Balaban J connectivity index is 2.27. The third kappa shape index (κ3) is 2.55. The molecule has 1 aliphatic rings. The van der Waals surface area contributed by atoms with Gasteiger partial charge in [-0.3, -0.25) is 0 Å². The summed E-state index contributed by atoms with van der Waals surface area (Å²) in [4.78, 5) is 4.79. The van der Waals surface area contributed by atoms with Crippen LogP contribution in [0, 0.1) is 5.41 Å². The van der Waals surface area contributed by atoms with Crippen LogP contribution >= 0.6 is 11.3 Å². The molecule has 0 amide bonds. The van der Waals surface area contributed by atoms with Crippen LogP contribution in [0.4, 0.5) is 0 Å². The summed E-state index contributed by atoms with van der Waals surface area (Å²) in [5.74, 6) is 0. The van der Waals surface area contributed by atoms with E-state index in [2.05, 4.69) is 40.0 Å². The summed E-state index contributed by atoms with van der Waals surface area (Å²) in [7, 11) is 0. The zero-order chi connectivity index (χ0) is 12.9. The van der Waals surface area contributed by atoms with Gasteiger partial charge < -0.3 is 5.73 Å². The molecule has 2 nitrogen and oxygen atoms in total. The maximum atomic E-state index is 6.56. The lowest BCUT2D eigenvalue weighted by Gasteiger charge is -2.24. The van der Waals surface area contributed by atoms with Crippen LogP contribution in [0.2, 0.25) is 0 Å². The van der Waals surface area contributed by atoms with E-state index in [1.807, 2.05) is 0 Å². The fraction of sp³-hybridized carbons (Fsp3) is 0.786. The molecule has 1 unspecified atom stereocenters. The summed E-state index contributed by atoms with van der Waals surface area (Å²) < 4.78 is 0. The van der Waals surface area contributed by atoms with Crippen molar-refractivity contribution in [1.82, 2.24) is 4.98 Å². The van der Waals surface area contributed by atoms with E-state index in [1.165, 1.54) is 12.1 Å². The monoisotopic (exact) mass is 252 g/mol. The zero-order valence-corrected chi connectivity index (χ0v) is 12.4. The molecule has 1 fully saturated rings. The minimum atomic E-state index is -0.183. The predicted octanol–water partition coefficient (Wildman–Crippen LogP) is 3.80. The molecule has 0 radical (unpaired) electrons. The van der Waals surface area contributed by atoms with Crippen molar-refractivity contribution in [2.24, 2.45) is 11.1 Å². The van der Waals surface area contributed by atoms with Gasteiger partial charge in [-0.2, -0.15) is 0 Å². The average molecular weight is 252 g/mol. The van der Waals surface area contributed by atoms with E-state index < -0.39 is 0 Å². The molecule has 96 valence electrons. The Bertz CT molecular complexity index is 414. The van der Waals surface area contributed by atoms with Crippen LogP contribution in [0.3, 0.4) is 0 Å². The Kier molecular flexibility index (Phi) is 2.91. The summed E-state index contributed by atoms with van der Waals surface area (Å²) in [5, 5.41) is 3.31. The number of thiazole rings is 1. The zero-order valence-electron chi connectivity index (χ0n) is 11.6. The number of nitrogens with two attached hydrogens (primary N) is 1. The molecule has 1 atom stereocenters. The Morgan fingerprint density at radius 3 is 2.35 bits per heavy atom. The molecule has 1 aliphatic carbocycles. The molecule has 1 heterocycles. The van der Waals surface area contributed by atoms with E-state index in [1.54, 1.807) is 11.3 Å². The highest BCUT2D eigenvalue weighted by atomic mass is 32.1. The van der Waals surface area contributed by atoms with Gasteiger partial charge in [-0.25, -0.2) is 4.98 Å². The molecular formula is C14H24N2S. The molecule has 1 aromatic heterocycles. The molecule has 2 N–H and O–H groups in total. The quantitative estimate of drug-likeness (QED) is 0.825. The van der Waals surface area contributed by atoms with Crippen molar-refractivity contribution in [3.63, 3.8) is 0 Å². The Hall–Kier alpha value is -0.410. The van der Waals surface area contributed by atoms with Crippen LogP contribution in [-0.4, -0.2) is 4.98 Å². The normalized spacial score (nSPS) is 28.6. The second kappa shape index (κ2) is 3.79. The van der Waals surface area contributed by atoms with Gasteiger partial charge in [-0.1, -0.05) is 34.6 Å². The van der Waals surface area contributed by atoms with Crippen molar-refractivity contribution >= 4 is 11.3 Å². The van der Waals surface area contributed by atoms with E-state index in [9.17, 15) is 0 Å². The lowest BCUT2D eigenvalue weighted by Crippen LogP contribution is -2.34. The summed E-state index contributed by atoms with van der Waals surface area (Å²) in [6.45, 7) is 11.2. The highest BCUT2D eigenvalue weighted by Crippen LogP contribution is 2.48. The third-order valence-corrected chi connectivity index (χ3v) is 4.80. The third-order valence-electron chi connectivity index (χ3n) is 3.74. The molecule has 17 heavy (non-hydrogen) atoms. The molecule has 1 aromatic rings. The predicted molar refractivity (Wildman–Crippen MR) is 74.3 cm³/mol. The van der Waals surface area contributed by atoms with Crippen molar-refractivity contribution in [3.05, 3.63) is 16.1 Å². The van der Waals surface area contributed by atoms with E-state index >= 15 is 0 Å². The van der Waals surface area contributed by atoms with Gasteiger partial charge in [0.1, 0.15) is 5.01 Å². The molecule has 0 spiro atoms. The molecule has 3 heteroatoms. The molecule has 2 rings (SSSR count). The molecular weight excluding hydrogens is 228 g/mol. The largest absolute Gasteiger partial charge is 0.319 e. The van der Waals surface area contributed by atoms with Gasteiger partial charge in [0.05, 0.1) is 11.2 Å². The second-order valence-electron chi connectivity index (χ2n) is 7.29. The fourth-order valence-electron chi connectivity index (χ4n) is 2.62. The highest BCUT2D eigenvalue weighted by Gasteiger charge is 2.43. The lowest BCUT2D eigenvalue weighted by atomic mass is 9.88. The first kappa shape index (κ1) is 13.0. The topological polar surface area (TPSA) is 38.9 Å². The summed E-state index contributed by atoms with van der Waals surface area (Å²) in [6, 6.07) is 0. The first-order valence-electron chi connectivity index (χ1n) is 6.38. The molecule has 0 saturated heterocycles. The molecule has 0 bridgehead atoms. The SMILES string of the molecule is CC1(C)CCC(N)(c2nc(C(C)(C)C)cs2)C1. The average Bonchev–Trinajstić information content (AvgIpc) is 2.70. The van der Waals surface area contributed by atoms with Crippen LogP contribution in [0.5, 0.6) is 0 Å². The van der Waals surface area contributed by atoms with Gasteiger partial charge >= 0.3 is 0 Å². The lowest BCUT2D eigenvalue weighted by molar-refractivity contribution is 0.338. The number of nitrogens with zero attached hydrogens (tertiary/aromatic N) is 1. The van der Waals surface area contributed by atoms with Crippen molar-refractivity contribution < 1.29 is 0 Å². The maximum absolute atomic E-state index is 6.56. The number of rotatable bonds is 1. The van der Waals surface area contributed by atoms with Crippen molar-refractivity contribution in [2.45, 2.75) is 64.8 Å².